The molecule has 1 aromatic heterocycles. The molecule has 2 aromatic carbocycles. The number of nitrogens with zero attached hydrogens (tertiary/aromatic N) is 1. The van der Waals surface area contributed by atoms with Gasteiger partial charge in [-0.3, -0.25) is 4.55 Å². The lowest BCUT2D eigenvalue weighted by molar-refractivity contribution is 0.483. The Kier molecular flexibility index (Phi) is 6.24. The van der Waals surface area contributed by atoms with Crippen molar-refractivity contribution in [3.63, 3.8) is 0 Å². The van der Waals surface area contributed by atoms with E-state index in [0.29, 0.717) is 0 Å². The lowest BCUT2D eigenvalue weighted by Crippen LogP contribution is -2.24. The van der Waals surface area contributed by atoms with Crippen molar-refractivity contribution in [2.24, 2.45) is 11.8 Å². The van der Waals surface area contributed by atoms with Crippen LogP contribution in [-0.2, 0) is 10.1 Å². The molecule has 0 bridgehead atoms. The molecule has 5 nitrogen and oxygen atoms in total. The zero-order valence-corrected chi connectivity index (χ0v) is 18.5. The highest BCUT2D eigenvalue weighted by molar-refractivity contribution is 7.85. The van der Waals surface area contributed by atoms with Gasteiger partial charge in [0.1, 0.15) is 0 Å². The van der Waals surface area contributed by atoms with E-state index in [4.69, 9.17) is 4.55 Å². The third kappa shape index (κ3) is 4.92. The summed E-state index contributed by atoms with van der Waals surface area (Å²) in [6.07, 6.45) is 0. The molecule has 2 atom stereocenters. The van der Waals surface area contributed by atoms with Crippen molar-refractivity contribution in [1.82, 2.24) is 5.32 Å². The second kappa shape index (κ2) is 8.89. The van der Waals surface area contributed by atoms with Gasteiger partial charge >= 0.3 is 0 Å². The van der Waals surface area contributed by atoms with E-state index < -0.39 is 10.1 Å². The number of hydrogen-bond donors (Lipinski definition) is 2. The van der Waals surface area contributed by atoms with Gasteiger partial charge < -0.3 is 10.2 Å². The second-order valence-electron chi connectivity index (χ2n) is 7.91. The van der Waals surface area contributed by atoms with Crippen LogP contribution in [-0.4, -0.2) is 39.1 Å². The van der Waals surface area contributed by atoms with Gasteiger partial charge in [0.2, 0.25) is 0 Å². The smallest absolute Gasteiger partial charge is 0.294 e. The number of rotatable bonds is 3. The van der Waals surface area contributed by atoms with Crippen molar-refractivity contribution in [2.45, 2.75) is 11.8 Å². The quantitative estimate of drug-likeness (QED) is 0.592. The number of fused-ring (bicyclic) bond motifs is 1. The number of anilines is 1. The van der Waals surface area contributed by atoms with Crippen molar-refractivity contribution in [1.29, 1.82) is 0 Å². The Labute approximate surface area is 182 Å². The summed E-state index contributed by atoms with van der Waals surface area (Å²) in [5, 5.41) is 7.23. The summed E-state index contributed by atoms with van der Waals surface area (Å²) in [7, 11) is -4.02. The molecule has 2 N–H and O–H groups in total. The Bertz CT molecular complexity index is 1070. The summed E-state index contributed by atoms with van der Waals surface area (Å²) in [6.45, 7) is 6.71. The first kappa shape index (κ1) is 21.1. The monoisotopic (exact) mass is 442 g/mol. The molecule has 2 saturated heterocycles. The Morgan fingerprint density at radius 1 is 0.967 bits per heavy atom. The minimum atomic E-state index is -4.02. The first-order chi connectivity index (χ1) is 14.4. The topological polar surface area (TPSA) is 69.6 Å². The van der Waals surface area contributed by atoms with Crippen LogP contribution in [0.2, 0.25) is 0 Å². The van der Waals surface area contributed by atoms with Gasteiger partial charge in [-0.1, -0.05) is 48.0 Å². The minimum Gasteiger partial charge on any atom is -0.363 e. The Balaban J connectivity index is 0.000000170. The van der Waals surface area contributed by atoms with Crippen LogP contribution in [0.15, 0.2) is 70.9 Å². The van der Waals surface area contributed by atoms with Crippen LogP contribution in [0.25, 0.3) is 11.1 Å². The summed E-state index contributed by atoms with van der Waals surface area (Å²) in [5.41, 5.74) is 3.64. The van der Waals surface area contributed by atoms with Crippen LogP contribution >= 0.6 is 11.3 Å². The van der Waals surface area contributed by atoms with E-state index in [1.165, 1.54) is 54.4 Å². The molecule has 0 aliphatic carbocycles. The van der Waals surface area contributed by atoms with Gasteiger partial charge in [-0.05, 0) is 48.1 Å². The zero-order valence-electron chi connectivity index (χ0n) is 16.9. The van der Waals surface area contributed by atoms with Gasteiger partial charge in [0.15, 0.2) is 0 Å². The standard InChI is InChI=1S/C16H18N2S.C7H8O3S/c1-2-4-12(5-3-1)13-6-16(19-11-13)18-9-14-7-17-8-15(14)10-18;1-6-2-4-7(5-3-6)11(8,9)10/h1-6,11,14-15,17H,7-10H2;2-5H,1H3,(H,8,9,10). The fraction of sp³-hybridized carbons (Fsp3) is 0.304. The minimum absolute atomic E-state index is 0.0666. The lowest BCUT2D eigenvalue weighted by atomic mass is 10.0. The molecule has 0 spiro atoms. The molecule has 3 aromatic rings. The molecule has 0 radical (unpaired) electrons. The number of benzene rings is 2. The van der Waals surface area contributed by atoms with Crippen LogP contribution in [0, 0.1) is 18.8 Å². The molecule has 3 heterocycles. The van der Waals surface area contributed by atoms with E-state index in [9.17, 15) is 8.42 Å². The van der Waals surface area contributed by atoms with E-state index in [2.05, 4.69) is 52.0 Å². The largest absolute Gasteiger partial charge is 0.363 e. The number of thiophene rings is 1. The van der Waals surface area contributed by atoms with Crippen LogP contribution in [0.4, 0.5) is 5.00 Å². The maximum Gasteiger partial charge on any atom is 0.294 e. The molecule has 0 saturated carbocycles. The lowest BCUT2D eigenvalue weighted by Gasteiger charge is -2.17. The molecule has 2 aliphatic heterocycles. The normalized spacial score (nSPS) is 20.5. The summed E-state index contributed by atoms with van der Waals surface area (Å²) >= 11 is 1.89. The van der Waals surface area contributed by atoms with Crippen molar-refractivity contribution in [3.8, 4) is 11.1 Å². The predicted molar refractivity (Wildman–Crippen MR) is 123 cm³/mol. The Hall–Kier alpha value is -2.19. The van der Waals surface area contributed by atoms with Crippen LogP contribution in [0.5, 0.6) is 0 Å². The molecular weight excluding hydrogens is 416 g/mol. The summed E-state index contributed by atoms with van der Waals surface area (Å²) in [6, 6.07) is 19.0. The van der Waals surface area contributed by atoms with E-state index in [0.717, 1.165) is 17.4 Å². The molecule has 0 amide bonds. The van der Waals surface area contributed by atoms with E-state index >= 15 is 0 Å². The molecule has 30 heavy (non-hydrogen) atoms. The molecule has 2 fully saturated rings. The average Bonchev–Trinajstić information content (AvgIpc) is 3.45. The summed E-state index contributed by atoms with van der Waals surface area (Å²) < 4.78 is 29.6. The van der Waals surface area contributed by atoms with Crippen molar-refractivity contribution in [3.05, 3.63) is 71.6 Å². The Morgan fingerprint density at radius 3 is 2.20 bits per heavy atom. The average molecular weight is 443 g/mol. The summed E-state index contributed by atoms with van der Waals surface area (Å²) in [4.78, 5) is 2.51. The molecular formula is C23H26N2O3S2. The van der Waals surface area contributed by atoms with Gasteiger partial charge in [0.25, 0.3) is 10.1 Å². The van der Waals surface area contributed by atoms with Crippen molar-refractivity contribution in [2.75, 3.05) is 31.1 Å². The van der Waals surface area contributed by atoms with Crippen molar-refractivity contribution < 1.29 is 13.0 Å². The number of aryl methyl sites for hydroxylation is 1. The molecule has 158 valence electrons. The number of hydrogen-bond acceptors (Lipinski definition) is 5. The van der Waals surface area contributed by atoms with Gasteiger partial charge in [-0.25, -0.2) is 0 Å². The molecule has 7 heteroatoms. The first-order valence-corrected chi connectivity index (χ1v) is 12.4. The maximum atomic E-state index is 10.5. The van der Waals surface area contributed by atoms with Crippen LogP contribution in [0.3, 0.4) is 0 Å². The highest BCUT2D eigenvalue weighted by Crippen LogP contribution is 2.36. The van der Waals surface area contributed by atoms with E-state index in [1.54, 1.807) is 12.1 Å². The maximum absolute atomic E-state index is 10.5. The molecule has 5 rings (SSSR count). The van der Waals surface area contributed by atoms with Gasteiger partial charge in [-0.2, -0.15) is 8.42 Å². The third-order valence-electron chi connectivity index (χ3n) is 5.71. The van der Waals surface area contributed by atoms with Gasteiger partial charge in [0.05, 0.1) is 9.90 Å². The second-order valence-corrected chi connectivity index (χ2v) is 10.2. The molecule has 2 aliphatic rings. The fourth-order valence-electron chi connectivity index (χ4n) is 4.02. The van der Waals surface area contributed by atoms with Crippen LogP contribution in [0.1, 0.15) is 5.56 Å². The Morgan fingerprint density at radius 2 is 1.60 bits per heavy atom. The summed E-state index contributed by atoms with van der Waals surface area (Å²) in [5.74, 6) is 1.73. The zero-order chi connectivity index (χ0) is 21.1. The van der Waals surface area contributed by atoms with Gasteiger partial charge in [-0.15, -0.1) is 11.3 Å². The SMILES string of the molecule is Cc1ccc(S(=O)(=O)O)cc1.c1ccc(-c2csc(N3CC4CNCC4C3)c2)cc1. The van der Waals surface area contributed by atoms with Gasteiger partial charge in [0, 0.05) is 31.6 Å². The highest BCUT2D eigenvalue weighted by atomic mass is 32.2. The van der Waals surface area contributed by atoms with Crippen LogP contribution < -0.4 is 10.2 Å². The first-order valence-electron chi connectivity index (χ1n) is 10.0. The fourth-order valence-corrected chi connectivity index (χ4v) is 5.44. The van der Waals surface area contributed by atoms with E-state index in [-0.39, 0.29) is 4.90 Å². The third-order valence-corrected chi connectivity index (χ3v) is 7.57. The highest BCUT2D eigenvalue weighted by Gasteiger charge is 2.36. The number of nitrogens with one attached hydrogen (secondary N) is 1. The van der Waals surface area contributed by atoms with E-state index in [1.807, 2.05) is 18.3 Å². The van der Waals surface area contributed by atoms with Crippen molar-refractivity contribution >= 4 is 26.5 Å². The molecule has 2 unspecified atom stereocenters. The predicted octanol–water partition coefficient (Wildman–Crippen LogP) is 4.31.